The van der Waals surface area contributed by atoms with E-state index in [9.17, 15) is 13.2 Å². The SMILES string of the molecule is CC1OCCC1NS(=O)(=O)c1ccc(Br)c(C(=O)O)c1. The molecule has 1 aliphatic rings. The van der Waals surface area contributed by atoms with Gasteiger partial charge in [-0.2, -0.15) is 0 Å². The Morgan fingerprint density at radius 2 is 2.20 bits per heavy atom. The van der Waals surface area contributed by atoms with Gasteiger partial charge in [0.05, 0.1) is 22.6 Å². The van der Waals surface area contributed by atoms with Gasteiger partial charge in [0.25, 0.3) is 0 Å². The number of carbonyl (C=O) groups is 1. The summed E-state index contributed by atoms with van der Waals surface area (Å²) in [6, 6.07) is 3.61. The van der Waals surface area contributed by atoms with Crippen LogP contribution in [0.25, 0.3) is 0 Å². The van der Waals surface area contributed by atoms with E-state index in [-0.39, 0.29) is 22.6 Å². The van der Waals surface area contributed by atoms with Crippen LogP contribution in [-0.4, -0.2) is 38.2 Å². The van der Waals surface area contributed by atoms with E-state index in [1.165, 1.54) is 12.1 Å². The van der Waals surface area contributed by atoms with Gasteiger partial charge in [-0.15, -0.1) is 0 Å². The van der Waals surface area contributed by atoms with Crippen molar-refractivity contribution < 1.29 is 23.1 Å². The predicted octanol–water partition coefficient (Wildman–Crippen LogP) is 1.60. The molecule has 6 nitrogen and oxygen atoms in total. The zero-order valence-electron chi connectivity index (χ0n) is 10.7. The Morgan fingerprint density at radius 3 is 2.75 bits per heavy atom. The summed E-state index contributed by atoms with van der Waals surface area (Å²) in [4.78, 5) is 11.0. The first kappa shape index (κ1) is 15.4. The lowest BCUT2D eigenvalue weighted by molar-refractivity contribution is 0.0695. The minimum Gasteiger partial charge on any atom is -0.478 e. The number of rotatable bonds is 4. The quantitative estimate of drug-likeness (QED) is 0.847. The monoisotopic (exact) mass is 363 g/mol. The molecule has 2 atom stereocenters. The van der Waals surface area contributed by atoms with Crippen LogP contribution in [0.5, 0.6) is 0 Å². The summed E-state index contributed by atoms with van der Waals surface area (Å²) in [6.45, 7) is 2.31. The highest BCUT2D eigenvalue weighted by molar-refractivity contribution is 9.10. The van der Waals surface area contributed by atoms with Crippen molar-refractivity contribution >= 4 is 31.9 Å². The number of halogens is 1. The van der Waals surface area contributed by atoms with E-state index in [0.29, 0.717) is 17.5 Å². The van der Waals surface area contributed by atoms with E-state index < -0.39 is 16.0 Å². The van der Waals surface area contributed by atoms with Crippen LogP contribution in [-0.2, 0) is 14.8 Å². The summed E-state index contributed by atoms with van der Waals surface area (Å²) in [5, 5.41) is 9.02. The van der Waals surface area contributed by atoms with Crippen molar-refractivity contribution in [2.24, 2.45) is 0 Å². The number of aromatic carboxylic acids is 1. The third-order valence-electron chi connectivity index (χ3n) is 3.16. The lowest BCUT2D eigenvalue weighted by Gasteiger charge is -2.16. The van der Waals surface area contributed by atoms with Crippen LogP contribution in [0, 0.1) is 0 Å². The molecule has 1 aromatic carbocycles. The molecular weight excluding hydrogens is 350 g/mol. The Labute approximate surface area is 125 Å². The van der Waals surface area contributed by atoms with Crippen LogP contribution in [0.4, 0.5) is 0 Å². The summed E-state index contributed by atoms with van der Waals surface area (Å²) < 4.78 is 32.7. The lowest BCUT2D eigenvalue weighted by atomic mass is 10.2. The minimum atomic E-state index is -3.76. The second kappa shape index (κ2) is 5.80. The first-order chi connectivity index (χ1) is 9.31. The van der Waals surface area contributed by atoms with E-state index in [4.69, 9.17) is 9.84 Å². The van der Waals surface area contributed by atoms with Gasteiger partial charge in [0.2, 0.25) is 10.0 Å². The van der Waals surface area contributed by atoms with E-state index in [2.05, 4.69) is 20.7 Å². The first-order valence-corrected chi connectivity index (χ1v) is 8.25. The second-order valence-electron chi connectivity index (χ2n) is 4.54. The van der Waals surface area contributed by atoms with Gasteiger partial charge in [0.1, 0.15) is 0 Å². The van der Waals surface area contributed by atoms with Gasteiger partial charge in [-0.1, -0.05) is 0 Å². The molecule has 0 spiro atoms. The molecule has 1 aromatic rings. The number of hydrogen-bond donors (Lipinski definition) is 2. The first-order valence-electron chi connectivity index (χ1n) is 5.98. The zero-order valence-corrected chi connectivity index (χ0v) is 13.1. The predicted molar refractivity (Wildman–Crippen MR) is 75.2 cm³/mol. The van der Waals surface area contributed by atoms with Gasteiger partial charge in [-0.3, -0.25) is 0 Å². The maximum absolute atomic E-state index is 12.2. The summed E-state index contributed by atoms with van der Waals surface area (Å²) in [5.41, 5.74) is -0.0939. The van der Waals surface area contributed by atoms with Crippen LogP contribution < -0.4 is 4.72 Å². The maximum Gasteiger partial charge on any atom is 0.336 e. The maximum atomic E-state index is 12.2. The average Bonchev–Trinajstić information content (AvgIpc) is 2.74. The van der Waals surface area contributed by atoms with Crippen LogP contribution in [0.1, 0.15) is 23.7 Å². The molecule has 1 saturated heterocycles. The zero-order chi connectivity index (χ0) is 14.9. The second-order valence-corrected chi connectivity index (χ2v) is 7.11. The molecule has 0 saturated carbocycles. The van der Waals surface area contributed by atoms with Gasteiger partial charge >= 0.3 is 5.97 Å². The minimum absolute atomic E-state index is 0.0720. The molecule has 0 radical (unpaired) electrons. The van der Waals surface area contributed by atoms with Gasteiger partial charge in [-0.25, -0.2) is 17.9 Å². The van der Waals surface area contributed by atoms with E-state index in [0.717, 1.165) is 6.07 Å². The Balaban J connectivity index is 2.30. The molecule has 8 heteroatoms. The van der Waals surface area contributed by atoms with Gasteiger partial charge < -0.3 is 9.84 Å². The van der Waals surface area contributed by atoms with Crippen molar-refractivity contribution in [3.05, 3.63) is 28.2 Å². The normalized spacial score (nSPS) is 22.9. The topological polar surface area (TPSA) is 92.7 Å². The Morgan fingerprint density at radius 1 is 1.50 bits per heavy atom. The third-order valence-corrected chi connectivity index (χ3v) is 5.34. The fourth-order valence-electron chi connectivity index (χ4n) is 1.99. The van der Waals surface area contributed by atoms with Crippen LogP contribution in [0.3, 0.4) is 0 Å². The molecular formula is C12H14BrNO5S. The number of benzene rings is 1. The summed E-state index contributed by atoms with van der Waals surface area (Å²) >= 11 is 3.08. The standard InChI is InChI=1S/C12H14BrNO5S/c1-7-11(4-5-19-7)14-20(17,18)8-2-3-10(13)9(6-8)12(15)16/h2-3,6-7,11,14H,4-5H2,1H3,(H,15,16). The van der Waals surface area contributed by atoms with Gasteiger partial charge in [0, 0.05) is 11.1 Å². The van der Waals surface area contributed by atoms with E-state index >= 15 is 0 Å². The number of ether oxygens (including phenoxy) is 1. The molecule has 110 valence electrons. The number of hydrogen-bond acceptors (Lipinski definition) is 4. The number of carboxylic acid groups (broad SMARTS) is 1. The number of carboxylic acids is 1. The van der Waals surface area contributed by atoms with Crippen LogP contribution in [0.2, 0.25) is 0 Å². The molecule has 0 aliphatic carbocycles. The summed E-state index contributed by atoms with van der Waals surface area (Å²) in [5.74, 6) is -1.19. The van der Waals surface area contributed by atoms with Crippen molar-refractivity contribution in [2.45, 2.75) is 30.4 Å². The largest absolute Gasteiger partial charge is 0.478 e. The van der Waals surface area contributed by atoms with Crippen LogP contribution >= 0.6 is 15.9 Å². The van der Waals surface area contributed by atoms with E-state index in [1.54, 1.807) is 6.92 Å². The highest BCUT2D eigenvalue weighted by Crippen LogP contribution is 2.22. The number of sulfonamides is 1. The van der Waals surface area contributed by atoms with Crippen molar-refractivity contribution in [1.82, 2.24) is 4.72 Å². The van der Waals surface area contributed by atoms with Crippen molar-refractivity contribution in [3.63, 3.8) is 0 Å². The fraction of sp³-hybridized carbons (Fsp3) is 0.417. The van der Waals surface area contributed by atoms with Crippen LogP contribution in [0.15, 0.2) is 27.6 Å². The molecule has 2 rings (SSSR count). The third kappa shape index (κ3) is 3.20. The summed E-state index contributed by atoms with van der Waals surface area (Å²) in [6.07, 6.45) is 0.405. The Hall–Kier alpha value is -0.960. The van der Waals surface area contributed by atoms with Crippen molar-refractivity contribution in [1.29, 1.82) is 0 Å². The fourth-order valence-corrected chi connectivity index (χ4v) is 3.77. The smallest absolute Gasteiger partial charge is 0.336 e. The molecule has 0 amide bonds. The average molecular weight is 364 g/mol. The number of nitrogens with one attached hydrogen (secondary N) is 1. The molecule has 0 aromatic heterocycles. The molecule has 2 unspecified atom stereocenters. The highest BCUT2D eigenvalue weighted by Gasteiger charge is 2.29. The highest BCUT2D eigenvalue weighted by atomic mass is 79.9. The Kier molecular flexibility index (Phi) is 4.48. The summed E-state index contributed by atoms with van der Waals surface area (Å²) in [7, 11) is -3.76. The molecule has 1 heterocycles. The molecule has 1 aliphatic heterocycles. The van der Waals surface area contributed by atoms with Gasteiger partial charge in [0.15, 0.2) is 0 Å². The molecule has 2 N–H and O–H groups in total. The van der Waals surface area contributed by atoms with Gasteiger partial charge in [-0.05, 0) is 47.5 Å². The molecule has 0 bridgehead atoms. The van der Waals surface area contributed by atoms with Crippen molar-refractivity contribution in [2.75, 3.05) is 6.61 Å². The molecule has 20 heavy (non-hydrogen) atoms. The molecule has 1 fully saturated rings. The van der Waals surface area contributed by atoms with Crippen molar-refractivity contribution in [3.8, 4) is 0 Å². The van der Waals surface area contributed by atoms with E-state index in [1.807, 2.05) is 0 Å². The lowest BCUT2D eigenvalue weighted by Crippen LogP contribution is -2.39. The Bertz CT molecular complexity index is 631.